The normalized spacial score (nSPS) is 17.9. The number of nitriles is 1. The van der Waals surface area contributed by atoms with E-state index in [-0.39, 0.29) is 11.8 Å². The first-order valence-electron chi connectivity index (χ1n) is 9.98. The number of carbonyl (C=O) groups excluding carboxylic acids is 2. The van der Waals surface area contributed by atoms with E-state index in [1.807, 2.05) is 42.5 Å². The van der Waals surface area contributed by atoms with Crippen LogP contribution in [0, 0.1) is 11.3 Å². The van der Waals surface area contributed by atoms with E-state index in [0.717, 1.165) is 40.7 Å². The van der Waals surface area contributed by atoms with E-state index in [1.165, 1.54) is 0 Å². The summed E-state index contributed by atoms with van der Waals surface area (Å²) in [6, 6.07) is 15.3. The van der Waals surface area contributed by atoms with Crippen molar-refractivity contribution in [3.8, 4) is 17.2 Å². The summed E-state index contributed by atoms with van der Waals surface area (Å²) in [5.74, 6) is -0.247. The molecule has 0 unspecified atom stereocenters. The molecule has 1 aliphatic heterocycles. The molecule has 148 valence electrons. The number of nitrogens with two attached hydrogens (primary N) is 1. The Kier molecular flexibility index (Phi) is 5.08. The molecule has 1 atom stereocenters. The highest BCUT2D eigenvalue weighted by atomic mass is 16.2. The van der Waals surface area contributed by atoms with E-state index in [4.69, 9.17) is 5.73 Å². The summed E-state index contributed by atoms with van der Waals surface area (Å²) < 4.78 is 0. The van der Waals surface area contributed by atoms with Gasteiger partial charge in [0.25, 0.3) is 5.91 Å². The zero-order valence-corrected chi connectivity index (χ0v) is 16.2. The van der Waals surface area contributed by atoms with Crippen LogP contribution < -0.4 is 16.4 Å². The van der Waals surface area contributed by atoms with Crippen molar-refractivity contribution < 1.29 is 9.59 Å². The van der Waals surface area contributed by atoms with Crippen LogP contribution in [0.3, 0.4) is 0 Å². The Balaban J connectivity index is 1.43. The van der Waals surface area contributed by atoms with Crippen molar-refractivity contribution in [3.63, 3.8) is 0 Å². The molecule has 0 saturated heterocycles. The SMILES string of the molecule is N#C[C@H](Cc1ccc(-c2ccc3c(c2)CNC3=O)cc1)NC(=O)C1(N)CCCC1. The van der Waals surface area contributed by atoms with Gasteiger partial charge in [-0.3, -0.25) is 9.59 Å². The van der Waals surface area contributed by atoms with Crippen LogP contribution in [0.1, 0.15) is 47.2 Å². The zero-order chi connectivity index (χ0) is 20.4. The minimum Gasteiger partial charge on any atom is -0.348 e. The predicted octanol–water partition coefficient (Wildman–Crippen LogP) is 2.42. The lowest BCUT2D eigenvalue weighted by Crippen LogP contribution is -2.54. The number of amides is 2. The molecular formula is C23H24N4O2. The minimum absolute atomic E-state index is 0.0247. The molecule has 2 amide bonds. The van der Waals surface area contributed by atoms with Crippen LogP contribution in [0.2, 0.25) is 0 Å². The van der Waals surface area contributed by atoms with E-state index in [0.29, 0.717) is 25.8 Å². The van der Waals surface area contributed by atoms with E-state index in [2.05, 4.69) is 16.7 Å². The lowest BCUT2D eigenvalue weighted by atomic mass is 9.96. The van der Waals surface area contributed by atoms with Crippen LogP contribution in [0.25, 0.3) is 11.1 Å². The highest BCUT2D eigenvalue weighted by molar-refractivity contribution is 5.98. The Hall–Kier alpha value is -3.17. The van der Waals surface area contributed by atoms with E-state index >= 15 is 0 Å². The Morgan fingerprint density at radius 1 is 1.17 bits per heavy atom. The number of nitrogens with zero attached hydrogens (tertiary/aromatic N) is 1. The number of fused-ring (bicyclic) bond motifs is 1. The van der Waals surface area contributed by atoms with Gasteiger partial charge in [-0.1, -0.05) is 43.2 Å². The van der Waals surface area contributed by atoms with Gasteiger partial charge in [0.1, 0.15) is 6.04 Å². The number of hydrogen-bond acceptors (Lipinski definition) is 4. The van der Waals surface area contributed by atoms with E-state index in [9.17, 15) is 14.9 Å². The maximum absolute atomic E-state index is 12.5. The Morgan fingerprint density at radius 3 is 2.55 bits per heavy atom. The molecule has 29 heavy (non-hydrogen) atoms. The Labute approximate surface area is 170 Å². The van der Waals surface area contributed by atoms with Gasteiger partial charge >= 0.3 is 0 Å². The maximum atomic E-state index is 12.5. The first kappa shape index (κ1) is 19.2. The molecule has 0 spiro atoms. The van der Waals surface area contributed by atoms with Crippen molar-refractivity contribution in [1.29, 1.82) is 5.26 Å². The molecule has 2 aromatic rings. The molecule has 2 aliphatic rings. The van der Waals surface area contributed by atoms with Crippen LogP contribution in [-0.4, -0.2) is 23.4 Å². The second kappa shape index (κ2) is 7.69. The van der Waals surface area contributed by atoms with Gasteiger partial charge in [-0.25, -0.2) is 0 Å². The van der Waals surface area contributed by atoms with Crippen molar-refractivity contribution in [2.45, 2.75) is 50.2 Å². The molecule has 6 heteroatoms. The predicted molar refractivity (Wildman–Crippen MR) is 110 cm³/mol. The number of nitrogens with one attached hydrogen (secondary N) is 2. The number of carbonyl (C=O) groups is 2. The molecule has 0 bridgehead atoms. The summed E-state index contributed by atoms with van der Waals surface area (Å²) in [5.41, 5.74) is 10.1. The van der Waals surface area contributed by atoms with Crippen molar-refractivity contribution in [2.24, 2.45) is 5.73 Å². The summed E-state index contributed by atoms with van der Waals surface area (Å²) in [6.07, 6.45) is 3.69. The van der Waals surface area contributed by atoms with Gasteiger partial charge in [0.2, 0.25) is 5.91 Å². The monoisotopic (exact) mass is 388 g/mol. The topological polar surface area (TPSA) is 108 Å². The molecule has 1 aliphatic carbocycles. The van der Waals surface area contributed by atoms with Crippen LogP contribution >= 0.6 is 0 Å². The third-order valence-electron chi connectivity index (χ3n) is 5.93. The fraction of sp³-hybridized carbons (Fsp3) is 0.348. The fourth-order valence-corrected chi connectivity index (χ4v) is 4.14. The molecule has 1 saturated carbocycles. The highest BCUT2D eigenvalue weighted by Gasteiger charge is 2.37. The lowest BCUT2D eigenvalue weighted by molar-refractivity contribution is -0.126. The van der Waals surface area contributed by atoms with Crippen molar-refractivity contribution in [3.05, 3.63) is 59.2 Å². The Bertz CT molecular complexity index is 985. The molecule has 1 heterocycles. The van der Waals surface area contributed by atoms with Crippen LogP contribution in [-0.2, 0) is 17.8 Å². The summed E-state index contributed by atoms with van der Waals surface area (Å²) in [7, 11) is 0. The average Bonchev–Trinajstić information content (AvgIpc) is 3.34. The molecule has 2 aromatic carbocycles. The maximum Gasteiger partial charge on any atom is 0.251 e. The first-order valence-corrected chi connectivity index (χ1v) is 9.98. The molecule has 1 fully saturated rings. The van der Waals surface area contributed by atoms with Gasteiger partial charge in [-0.15, -0.1) is 0 Å². The van der Waals surface area contributed by atoms with Crippen molar-refractivity contribution in [1.82, 2.24) is 10.6 Å². The second-order valence-electron chi connectivity index (χ2n) is 7.97. The van der Waals surface area contributed by atoms with Crippen LogP contribution in [0.4, 0.5) is 0 Å². The van der Waals surface area contributed by atoms with Crippen molar-refractivity contribution >= 4 is 11.8 Å². The fourth-order valence-electron chi connectivity index (χ4n) is 4.14. The summed E-state index contributed by atoms with van der Waals surface area (Å²) in [6.45, 7) is 0.562. The van der Waals surface area contributed by atoms with Gasteiger partial charge in [0.15, 0.2) is 0 Å². The molecule has 6 nitrogen and oxygen atoms in total. The molecular weight excluding hydrogens is 364 g/mol. The minimum atomic E-state index is -0.831. The number of hydrogen-bond donors (Lipinski definition) is 3. The van der Waals surface area contributed by atoms with Gasteiger partial charge in [-0.2, -0.15) is 5.26 Å². The van der Waals surface area contributed by atoms with E-state index in [1.54, 1.807) is 0 Å². The summed E-state index contributed by atoms with van der Waals surface area (Å²) in [5, 5.41) is 15.1. The summed E-state index contributed by atoms with van der Waals surface area (Å²) >= 11 is 0. The highest BCUT2D eigenvalue weighted by Crippen LogP contribution is 2.28. The number of rotatable bonds is 5. The third kappa shape index (κ3) is 3.87. The lowest BCUT2D eigenvalue weighted by Gasteiger charge is -2.24. The second-order valence-corrected chi connectivity index (χ2v) is 7.97. The molecule has 0 aromatic heterocycles. The Morgan fingerprint density at radius 2 is 1.86 bits per heavy atom. The smallest absolute Gasteiger partial charge is 0.251 e. The molecule has 4 N–H and O–H groups in total. The third-order valence-corrected chi connectivity index (χ3v) is 5.93. The van der Waals surface area contributed by atoms with Crippen molar-refractivity contribution in [2.75, 3.05) is 0 Å². The first-order chi connectivity index (χ1) is 14.0. The van der Waals surface area contributed by atoms with Gasteiger partial charge in [0.05, 0.1) is 11.6 Å². The average molecular weight is 388 g/mol. The van der Waals surface area contributed by atoms with Gasteiger partial charge in [0, 0.05) is 18.5 Å². The van der Waals surface area contributed by atoms with Crippen LogP contribution in [0.15, 0.2) is 42.5 Å². The molecule has 0 radical (unpaired) electrons. The molecule has 4 rings (SSSR count). The van der Waals surface area contributed by atoms with Gasteiger partial charge < -0.3 is 16.4 Å². The van der Waals surface area contributed by atoms with E-state index < -0.39 is 11.6 Å². The quantitative estimate of drug-likeness (QED) is 0.731. The number of benzene rings is 2. The standard InChI is InChI=1S/C23H24N4O2/c24-13-19(27-22(29)23(25)9-1-2-10-23)11-15-3-5-16(6-4-15)17-7-8-20-18(12-17)14-26-21(20)28/h3-8,12,19H,1-2,9-11,14,25H2,(H,26,28)(H,27,29)/t19-/m0/s1. The summed E-state index contributed by atoms with van der Waals surface area (Å²) in [4.78, 5) is 24.2. The largest absolute Gasteiger partial charge is 0.348 e. The zero-order valence-electron chi connectivity index (χ0n) is 16.2. The van der Waals surface area contributed by atoms with Crippen LogP contribution in [0.5, 0.6) is 0 Å². The van der Waals surface area contributed by atoms with Gasteiger partial charge in [-0.05, 0) is 47.2 Å².